The number of benzene rings is 1. The van der Waals surface area contributed by atoms with E-state index in [2.05, 4.69) is 0 Å². The Morgan fingerprint density at radius 3 is 2.40 bits per heavy atom. The van der Waals surface area contributed by atoms with Gasteiger partial charge in [0.1, 0.15) is 5.82 Å². The molecule has 6 heteroatoms. The molecule has 2 rings (SSSR count). The smallest absolute Gasteiger partial charge is 0.155 e. The van der Waals surface area contributed by atoms with E-state index in [1.54, 1.807) is 19.1 Å². The van der Waals surface area contributed by atoms with Crippen LogP contribution in [0.5, 0.6) is 0 Å². The van der Waals surface area contributed by atoms with Gasteiger partial charge < -0.3 is 10.5 Å². The Bertz CT molecular complexity index is 573. The molecule has 1 fully saturated rings. The zero-order valence-electron chi connectivity index (χ0n) is 11.7. The fraction of sp³-hybridized carbons (Fsp3) is 0.571. The van der Waals surface area contributed by atoms with Gasteiger partial charge in [-0.3, -0.25) is 0 Å². The number of hydrogen-bond acceptors (Lipinski definition) is 4. The van der Waals surface area contributed by atoms with Crippen LogP contribution in [0, 0.1) is 5.82 Å². The normalized spacial score (nSPS) is 29.4. The van der Waals surface area contributed by atoms with Gasteiger partial charge in [-0.1, -0.05) is 19.1 Å². The van der Waals surface area contributed by atoms with Crippen LogP contribution in [0.1, 0.15) is 25.3 Å². The van der Waals surface area contributed by atoms with Crippen LogP contribution in [-0.2, 0) is 14.6 Å². The summed E-state index contributed by atoms with van der Waals surface area (Å²) in [5.74, 6) is -0.642. The van der Waals surface area contributed by atoms with Crippen LogP contribution in [0.4, 0.5) is 4.39 Å². The molecule has 0 bridgehead atoms. The summed E-state index contributed by atoms with van der Waals surface area (Å²) in [5, 5.41) is -0.656. The number of hydrogen-bond donors (Lipinski definition) is 1. The molecule has 2 N–H and O–H groups in total. The second-order valence-electron chi connectivity index (χ2n) is 5.15. The minimum Gasteiger partial charge on any atom is -0.380 e. The van der Waals surface area contributed by atoms with Crippen molar-refractivity contribution in [1.82, 2.24) is 0 Å². The highest BCUT2D eigenvalue weighted by Gasteiger charge is 2.68. The molecule has 1 aromatic rings. The van der Waals surface area contributed by atoms with E-state index in [9.17, 15) is 12.8 Å². The maximum atomic E-state index is 13.0. The highest BCUT2D eigenvalue weighted by atomic mass is 32.2. The highest BCUT2D eigenvalue weighted by molar-refractivity contribution is 7.92. The van der Waals surface area contributed by atoms with Gasteiger partial charge in [0.2, 0.25) is 0 Å². The van der Waals surface area contributed by atoms with Crippen molar-refractivity contribution in [2.24, 2.45) is 5.73 Å². The predicted octanol–water partition coefficient (Wildman–Crippen LogP) is 1.46. The quantitative estimate of drug-likeness (QED) is 0.863. The van der Waals surface area contributed by atoms with Crippen molar-refractivity contribution in [1.29, 1.82) is 0 Å². The molecule has 0 saturated heterocycles. The molecule has 1 aromatic carbocycles. The molecule has 0 aliphatic heterocycles. The average molecular weight is 301 g/mol. The van der Waals surface area contributed by atoms with Gasteiger partial charge in [-0.15, -0.1) is 0 Å². The second kappa shape index (κ2) is 5.42. The lowest BCUT2D eigenvalue weighted by Gasteiger charge is -2.12. The number of sulfone groups is 1. The Balaban J connectivity index is 2.32. The van der Waals surface area contributed by atoms with Crippen LogP contribution in [-0.4, -0.2) is 38.2 Å². The van der Waals surface area contributed by atoms with Gasteiger partial charge in [0.15, 0.2) is 9.84 Å². The first-order valence-corrected chi connectivity index (χ1v) is 8.42. The summed E-state index contributed by atoms with van der Waals surface area (Å²) in [6, 6.07) is 5.84. The average Bonchev–Trinajstić information content (AvgIpc) is 3.05. The Hall–Kier alpha value is -0.980. The van der Waals surface area contributed by atoms with Crippen LogP contribution in [0.15, 0.2) is 24.3 Å². The third-order valence-corrected chi connectivity index (χ3v) is 6.17. The maximum absolute atomic E-state index is 13.0. The third-order valence-electron chi connectivity index (χ3n) is 3.88. The molecule has 0 radical (unpaired) electrons. The van der Waals surface area contributed by atoms with E-state index in [-0.39, 0.29) is 24.1 Å². The first-order chi connectivity index (χ1) is 9.36. The molecule has 0 heterocycles. The molecule has 20 heavy (non-hydrogen) atoms. The van der Waals surface area contributed by atoms with Gasteiger partial charge in [-0.2, -0.15) is 0 Å². The van der Waals surface area contributed by atoms with Crippen molar-refractivity contribution in [2.45, 2.75) is 30.6 Å². The summed E-state index contributed by atoms with van der Waals surface area (Å²) in [4.78, 5) is 0. The summed E-state index contributed by atoms with van der Waals surface area (Å²) >= 11 is 0. The molecule has 0 amide bonds. The van der Waals surface area contributed by atoms with Crippen molar-refractivity contribution >= 4 is 9.84 Å². The van der Waals surface area contributed by atoms with Crippen LogP contribution < -0.4 is 5.73 Å². The van der Waals surface area contributed by atoms with Crippen molar-refractivity contribution in [3.8, 4) is 0 Å². The predicted molar refractivity (Wildman–Crippen MR) is 75.8 cm³/mol. The molecule has 3 atom stereocenters. The molecule has 1 saturated carbocycles. The van der Waals surface area contributed by atoms with E-state index in [0.29, 0.717) is 6.61 Å². The van der Waals surface area contributed by atoms with E-state index < -0.39 is 20.6 Å². The lowest BCUT2D eigenvalue weighted by Crippen LogP contribution is -2.36. The summed E-state index contributed by atoms with van der Waals surface area (Å²) in [5.41, 5.74) is 6.09. The summed E-state index contributed by atoms with van der Waals surface area (Å²) in [7, 11) is -3.27. The Morgan fingerprint density at radius 2 is 1.90 bits per heavy atom. The zero-order chi connectivity index (χ0) is 15.0. The lowest BCUT2D eigenvalue weighted by atomic mass is 10.1. The van der Waals surface area contributed by atoms with Crippen molar-refractivity contribution in [2.75, 3.05) is 19.0 Å². The van der Waals surface area contributed by atoms with Gasteiger partial charge in [0.05, 0.1) is 17.4 Å². The standard InChI is InChI=1S/C14H20FNO3S/c1-3-19-9-14(16)12(13(14)20(17,18)4-2)10-5-7-11(15)8-6-10/h5-8,12-13H,3-4,9,16H2,1-2H3/t12-,13-,14-/m0/s1. The topological polar surface area (TPSA) is 69.4 Å². The van der Waals surface area contributed by atoms with Crippen LogP contribution in [0.2, 0.25) is 0 Å². The summed E-state index contributed by atoms with van der Waals surface area (Å²) in [6.07, 6.45) is 0. The molecular formula is C14H20FNO3S. The summed E-state index contributed by atoms with van der Waals surface area (Å²) in [6.45, 7) is 4.11. The van der Waals surface area contributed by atoms with Gasteiger partial charge in [-0.05, 0) is 24.6 Å². The second-order valence-corrected chi connectivity index (χ2v) is 7.56. The van der Waals surface area contributed by atoms with E-state index in [4.69, 9.17) is 10.5 Å². The first-order valence-electron chi connectivity index (χ1n) is 6.70. The van der Waals surface area contributed by atoms with Gasteiger partial charge >= 0.3 is 0 Å². The monoisotopic (exact) mass is 301 g/mol. The van der Waals surface area contributed by atoms with E-state index >= 15 is 0 Å². The fourth-order valence-electron chi connectivity index (χ4n) is 2.75. The Labute approximate surface area is 119 Å². The van der Waals surface area contributed by atoms with E-state index in [1.165, 1.54) is 12.1 Å². The molecular weight excluding hydrogens is 281 g/mol. The van der Waals surface area contributed by atoms with E-state index in [1.807, 2.05) is 6.92 Å². The van der Waals surface area contributed by atoms with Crippen molar-refractivity contribution in [3.63, 3.8) is 0 Å². The maximum Gasteiger partial charge on any atom is 0.155 e. The largest absolute Gasteiger partial charge is 0.380 e. The zero-order valence-corrected chi connectivity index (χ0v) is 12.5. The number of nitrogens with two attached hydrogens (primary N) is 1. The summed E-state index contributed by atoms with van der Waals surface area (Å²) < 4.78 is 42.7. The molecule has 4 nitrogen and oxygen atoms in total. The third kappa shape index (κ3) is 2.60. The Kier molecular flexibility index (Phi) is 4.18. The molecule has 1 aliphatic carbocycles. The van der Waals surface area contributed by atoms with Crippen molar-refractivity contribution < 1.29 is 17.5 Å². The van der Waals surface area contributed by atoms with Crippen LogP contribution >= 0.6 is 0 Å². The van der Waals surface area contributed by atoms with Gasteiger partial charge in [0.25, 0.3) is 0 Å². The minimum atomic E-state index is -3.27. The number of ether oxygens (including phenoxy) is 1. The SMILES string of the molecule is CCOC[C@]1(N)[C@@H](c2ccc(F)cc2)[C@@H]1S(=O)(=O)CC. The first kappa shape index (κ1) is 15.4. The van der Waals surface area contributed by atoms with Crippen molar-refractivity contribution in [3.05, 3.63) is 35.6 Å². The number of halogens is 1. The van der Waals surface area contributed by atoms with Gasteiger partial charge in [-0.25, -0.2) is 12.8 Å². The molecule has 112 valence electrons. The Morgan fingerprint density at radius 1 is 1.30 bits per heavy atom. The van der Waals surface area contributed by atoms with Crippen LogP contribution in [0.3, 0.4) is 0 Å². The van der Waals surface area contributed by atoms with Gasteiger partial charge in [0, 0.05) is 18.3 Å². The lowest BCUT2D eigenvalue weighted by molar-refractivity contribution is 0.125. The number of rotatable bonds is 6. The molecule has 1 aliphatic rings. The fourth-order valence-corrected chi connectivity index (χ4v) is 4.74. The molecule has 0 aromatic heterocycles. The minimum absolute atomic E-state index is 0.0421. The highest BCUT2D eigenvalue weighted by Crippen LogP contribution is 2.54. The molecule has 0 unspecified atom stereocenters. The van der Waals surface area contributed by atoms with Crippen LogP contribution in [0.25, 0.3) is 0 Å². The molecule has 0 spiro atoms. The van der Waals surface area contributed by atoms with E-state index in [0.717, 1.165) is 5.56 Å².